The predicted octanol–water partition coefficient (Wildman–Crippen LogP) is 11.3. The molecule has 3 heterocycles. The molecule has 0 amide bonds. The maximum Gasteiger partial charge on any atom is 0.252 e. The molecule has 3 aliphatic heterocycles. The predicted molar refractivity (Wildman–Crippen MR) is 228 cm³/mol. The van der Waals surface area contributed by atoms with Gasteiger partial charge in [-0.25, -0.2) is 0 Å². The Hall–Kier alpha value is -4.24. The van der Waals surface area contributed by atoms with E-state index in [1.165, 1.54) is 109 Å². The van der Waals surface area contributed by atoms with Crippen LogP contribution in [0.5, 0.6) is 0 Å². The van der Waals surface area contributed by atoms with E-state index in [9.17, 15) is 0 Å². The van der Waals surface area contributed by atoms with Crippen LogP contribution in [0.4, 0.5) is 28.4 Å². The first-order valence-electron chi connectivity index (χ1n) is 20.3. The lowest BCUT2D eigenvalue weighted by molar-refractivity contribution is 0.195. The lowest BCUT2D eigenvalue weighted by Gasteiger charge is -2.53. The summed E-state index contributed by atoms with van der Waals surface area (Å²) in [5.74, 6) is 0. The number of hydrogen-bond donors (Lipinski definition) is 0. The molecule has 268 valence electrons. The molecule has 2 atom stereocenters. The highest BCUT2D eigenvalue weighted by molar-refractivity contribution is 7.00. The first-order chi connectivity index (χ1) is 25.0. The molecule has 2 aliphatic carbocycles. The van der Waals surface area contributed by atoms with Crippen LogP contribution < -0.4 is 26.2 Å². The Bertz CT molecular complexity index is 2400. The molecule has 0 bridgehead atoms. The van der Waals surface area contributed by atoms with Crippen molar-refractivity contribution in [3.8, 4) is 11.1 Å². The molecule has 2 nitrogen and oxygen atoms in total. The Balaban J connectivity index is 1.36. The zero-order valence-corrected chi connectivity index (χ0v) is 33.9. The Kier molecular flexibility index (Phi) is 6.47. The average molecular weight is 695 g/mol. The van der Waals surface area contributed by atoms with Crippen LogP contribution in [-0.4, -0.2) is 12.3 Å². The van der Waals surface area contributed by atoms with Crippen molar-refractivity contribution in [3.05, 3.63) is 118 Å². The van der Waals surface area contributed by atoms with Crippen molar-refractivity contribution >= 4 is 51.5 Å². The normalized spacial score (nSPS) is 22.9. The van der Waals surface area contributed by atoms with Gasteiger partial charge in [0, 0.05) is 44.8 Å². The smallest absolute Gasteiger partial charge is 0.252 e. The number of fused-ring (bicyclic) bond motifs is 11. The molecule has 1 saturated carbocycles. The summed E-state index contributed by atoms with van der Waals surface area (Å²) in [5, 5.41) is 0. The van der Waals surface area contributed by atoms with Gasteiger partial charge in [0.15, 0.2) is 0 Å². The van der Waals surface area contributed by atoms with Crippen molar-refractivity contribution in [2.24, 2.45) is 0 Å². The van der Waals surface area contributed by atoms with E-state index in [-0.39, 0.29) is 33.9 Å². The number of anilines is 5. The molecular weight excluding hydrogens is 639 g/mol. The van der Waals surface area contributed by atoms with Crippen molar-refractivity contribution in [3.63, 3.8) is 0 Å². The molecule has 10 rings (SSSR count). The molecule has 0 N–H and O–H groups in total. The van der Waals surface area contributed by atoms with Crippen LogP contribution in [0, 0.1) is 6.92 Å². The van der Waals surface area contributed by atoms with Gasteiger partial charge < -0.3 is 9.80 Å². The van der Waals surface area contributed by atoms with Crippen LogP contribution in [0.3, 0.4) is 0 Å². The van der Waals surface area contributed by atoms with Crippen LogP contribution in [0.15, 0.2) is 84.9 Å². The van der Waals surface area contributed by atoms with E-state index >= 15 is 0 Å². The molecule has 0 saturated heterocycles. The number of aryl methyl sites for hydroxylation is 1. The fourth-order valence-electron chi connectivity index (χ4n) is 11.6. The minimum Gasteiger partial charge on any atom is -0.335 e. The highest BCUT2D eigenvalue weighted by Gasteiger charge is 2.62. The molecule has 53 heavy (non-hydrogen) atoms. The summed E-state index contributed by atoms with van der Waals surface area (Å²) in [6, 6.07) is 34.1. The van der Waals surface area contributed by atoms with Crippen molar-refractivity contribution in [1.29, 1.82) is 0 Å². The van der Waals surface area contributed by atoms with Gasteiger partial charge in [-0.1, -0.05) is 136 Å². The van der Waals surface area contributed by atoms with E-state index in [0.29, 0.717) is 0 Å². The number of benzene rings is 5. The molecule has 5 aliphatic rings. The SMILES string of the molecule is Cc1cc2c3c(c1)N1c4c(cc(C(C)(C)C)cc4C4(C)CCCCC14C)B3c1ccc3c(c1N2c1ccc(C(C)(C)C)cc1)-c1ccccc1C3(C)C. The monoisotopic (exact) mass is 694 g/mol. The number of hydrogen-bond acceptors (Lipinski definition) is 2. The van der Waals surface area contributed by atoms with Gasteiger partial charge in [-0.3, -0.25) is 0 Å². The first kappa shape index (κ1) is 33.3. The third kappa shape index (κ3) is 4.12. The highest BCUT2D eigenvalue weighted by Crippen LogP contribution is 2.63. The number of nitrogens with zero attached hydrogens (tertiary/aromatic N) is 2. The van der Waals surface area contributed by atoms with E-state index in [2.05, 4.69) is 171 Å². The second-order valence-electron chi connectivity index (χ2n) is 20.2. The third-order valence-corrected chi connectivity index (χ3v) is 14.7. The molecular formula is C50H55BN2. The molecule has 0 spiro atoms. The minimum absolute atomic E-state index is 0.00569. The maximum absolute atomic E-state index is 2.88. The average Bonchev–Trinajstić information content (AvgIpc) is 3.47. The molecule has 0 aromatic heterocycles. The minimum atomic E-state index is -0.0869. The van der Waals surface area contributed by atoms with Crippen molar-refractivity contribution in [2.45, 2.75) is 129 Å². The van der Waals surface area contributed by atoms with Gasteiger partial charge in [0.25, 0.3) is 6.71 Å². The summed E-state index contributed by atoms with van der Waals surface area (Å²) in [5.41, 5.74) is 22.8. The van der Waals surface area contributed by atoms with Gasteiger partial charge in [-0.15, -0.1) is 0 Å². The second-order valence-corrected chi connectivity index (χ2v) is 20.2. The molecule has 2 unspecified atom stereocenters. The van der Waals surface area contributed by atoms with E-state index in [4.69, 9.17) is 0 Å². The van der Waals surface area contributed by atoms with E-state index < -0.39 is 0 Å². The molecule has 3 heteroatoms. The Morgan fingerprint density at radius 2 is 1.30 bits per heavy atom. The lowest BCUT2D eigenvalue weighted by Crippen LogP contribution is -2.64. The molecule has 0 radical (unpaired) electrons. The van der Waals surface area contributed by atoms with Crippen molar-refractivity contribution in [1.82, 2.24) is 0 Å². The lowest BCUT2D eigenvalue weighted by atomic mass is 9.33. The fraction of sp³-hybridized carbons (Fsp3) is 0.400. The molecule has 5 aromatic rings. The van der Waals surface area contributed by atoms with Gasteiger partial charge in [0.2, 0.25) is 0 Å². The summed E-state index contributed by atoms with van der Waals surface area (Å²) < 4.78 is 0. The largest absolute Gasteiger partial charge is 0.335 e. The summed E-state index contributed by atoms with van der Waals surface area (Å²) in [4.78, 5) is 5.56. The van der Waals surface area contributed by atoms with Gasteiger partial charge in [0.1, 0.15) is 0 Å². The van der Waals surface area contributed by atoms with Crippen molar-refractivity contribution < 1.29 is 0 Å². The van der Waals surface area contributed by atoms with Crippen molar-refractivity contribution in [2.75, 3.05) is 9.80 Å². The molecule has 1 fully saturated rings. The second kappa shape index (κ2) is 10.3. The Morgan fingerprint density at radius 3 is 2.02 bits per heavy atom. The van der Waals surface area contributed by atoms with Crippen LogP contribution in [0.1, 0.15) is 128 Å². The van der Waals surface area contributed by atoms with E-state index in [0.717, 1.165) is 0 Å². The summed E-state index contributed by atoms with van der Waals surface area (Å²) in [6.45, 7) is 26.7. The summed E-state index contributed by atoms with van der Waals surface area (Å²) in [7, 11) is 0. The van der Waals surface area contributed by atoms with Gasteiger partial charge in [0.05, 0.1) is 5.54 Å². The number of rotatable bonds is 1. The zero-order chi connectivity index (χ0) is 37.2. The zero-order valence-electron chi connectivity index (χ0n) is 33.9. The Labute approximate surface area is 318 Å². The summed E-state index contributed by atoms with van der Waals surface area (Å²) >= 11 is 0. The quantitative estimate of drug-likeness (QED) is 0.158. The van der Waals surface area contributed by atoms with Crippen LogP contribution in [0.25, 0.3) is 11.1 Å². The highest BCUT2D eigenvalue weighted by atomic mass is 15.3. The van der Waals surface area contributed by atoms with Gasteiger partial charge in [-0.05, 0) is 117 Å². The molecule has 5 aromatic carbocycles. The van der Waals surface area contributed by atoms with Crippen LogP contribution in [-0.2, 0) is 21.7 Å². The van der Waals surface area contributed by atoms with Crippen LogP contribution in [0.2, 0.25) is 0 Å². The maximum atomic E-state index is 2.88. The van der Waals surface area contributed by atoms with Gasteiger partial charge in [-0.2, -0.15) is 0 Å². The Morgan fingerprint density at radius 1 is 0.623 bits per heavy atom. The first-order valence-corrected chi connectivity index (χ1v) is 20.3. The van der Waals surface area contributed by atoms with Crippen LogP contribution >= 0.6 is 0 Å². The summed E-state index contributed by atoms with van der Waals surface area (Å²) in [6.07, 6.45) is 5.03. The fourth-order valence-corrected chi connectivity index (χ4v) is 11.6. The van der Waals surface area contributed by atoms with E-state index in [1.807, 2.05) is 0 Å². The van der Waals surface area contributed by atoms with E-state index in [1.54, 1.807) is 5.56 Å². The topological polar surface area (TPSA) is 6.48 Å². The standard InChI is InChI=1S/C50H55BN2/c1-30-26-40-43-41(27-30)53-44-37(49(10)24-14-15-25-50(49,53)11)28-32(47(5,6)7)29-39(44)51(43)38-23-22-36-42(34-16-12-13-17-35(34)48(36,8)9)45(38)52(40)33-20-18-31(19-21-33)46(2,3)4/h12-13,16-23,26-29H,14-15,24-25H2,1-11H3. The van der Waals surface area contributed by atoms with Gasteiger partial charge >= 0.3 is 0 Å². The third-order valence-electron chi connectivity index (χ3n) is 14.7.